The lowest BCUT2D eigenvalue weighted by Crippen LogP contribution is -2.69. The highest BCUT2D eigenvalue weighted by Crippen LogP contribution is 2.37. The van der Waals surface area contributed by atoms with Crippen LogP contribution in [0, 0.1) is 0 Å². The lowest BCUT2D eigenvalue weighted by Gasteiger charge is -2.48. The van der Waals surface area contributed by atoms with E-state index in [9.17, 15) is 47.5 Å². The molecule has 1 aliphatic rings. The lowest BCUT2D eigenvalue weighted by atomic mass is 9.87. The molecule has 78 heavy (non-hydrogen) atoms. The van der Waals surface area contributed by atoms with Crippen molar-refractivity contribution in [1.82, 2.24) is 16.0 Å². The first-order valence-corrected chi connectivity index (χ1v) is 25.8. The number of alkyl halides is 1. The van der Waals surface area contributed by atoms with Crippen LogP contribution in [-0.4, -0.2) is 183 Å². The SMILES string of the molecule is COC(=O)[C@@]1(OCCCCCCNc2c(NCCOCCOCCOCCOCCNC(=O)OC(C)(C)C)c(=O)c2=O)C[C@H](OC(C)=O)[C@@H](NC(=O)CF)[C@H]([C@H](OC(C)=O)[C@@H](CNC(=O)Cc2ccc(Cl)cc2)OC(C)=O)O1. The van der Waals surface area contributed by atoms with Crippen LogP contribution in [0.3, 0.4) is 0 Å². The van der Waals surface area contributed by atoms with Crippen molar-refractivity contribution in [2.75, 3.05) is 110 Å². The van der Waals surface area contributed by atoms with E-state index in [1.54, 1.807) is 45.0 Å². The summed E-state index contributed by atoms with van der Waals surface area (Å²) in [6, 6.07) is 4.83. The Morgan fingerprint density at radius 1 is 0.718 bits per heavy atom. The maximum Gasteiger partial charge on any atom is 0.407 e. The Bertz CT molecular complexity index is 2300. The van der Waals surface area contributed by atoms with E-state index in [0.29, 0.717) is 89.0 Å². The van der Waals surface area contributed by atoms with Gasteiger partial charge in [0.2, 0.25) is 5.91 Å². The molecule has 2 aromatic carbocycles. The highest BCUT2D eigenvalue weighted by molar-refractivity contribution is 6.30. The Morgan fingerprint density at radius 2 is 1.28 bits per heavy atom. The number of nitrogens with one attached hydrogen (secondary N) is 5. The monoisotopic (exact) mass is 1130 g/mol. The smallest absolute Gasteiger partial charge is 0.407 e. The molecule has 0 aliphatic carbocycles. The summed E-state index contributed by atoms with van der Waals surface area (Å²) >= 11 is 5.97. The Hall–Kier alpha value is -6.03. The molecule has 1 aliphatic heterocycles. The number of rotatable bonds is 37. The summed E-state index contributed by atoms with van der Waals surface area (Å²) in [7, 11) is 1.03. The molecule has 0 unspecified atom stereocenters. The van der Waals surface area contributed by atoms with Crippen LogP contribution in [-0.2, 0) is 87.3 Å². The third-order valence-electron chi connectivity index (χ3n) is 11.1. The molecule has 3 rings (SSSR count). The first kappa shape index (κ1) is 66.3. The number of halogens is 2. The molecule has 3 amide bonds. The van der Waals surface area contributed by atoms with Gasteiger partial charge in [0, 0.05) is 45.4 Å². The number of unbranched alkanes of at least 4 members (excludes halogenated alkanes) is 3. The molecule has 5 N–H and O–H groups in total. The van der Waals surface area contributed by atoms with Crippen LogP contribution in [0.25, 0.3) is 0 Å². The molecule has 1 saturated heterocycles. The quantitative estimate of drug-likeness (QED) is 0.0280. The van der Waals surface area contributed by atoms with Gasteiger partial charge in [-0.15, -0.1) is 0 Å². The summed E-state index contributed by atoms with van der Waals surface area (Å²) < 4.78 is 75.1. The highest BCUT2D eigenvalue weighted by Gasteiger charge is 2.59. The number of hydrogen-bond acceptors (Lipinski definition) is 22. The third-order valence-corrected chi connectivity index (χ3v) is 11.4. The minimum Gasteiger partial charge on any atom is -0.465 e. The number of anilines is 2. The van der Waals surface area contributed by atoms with Crippen molar-refractivity contribution >= 4 is 64.8 Å². The second kappa shape index (κ2) is 34.8. The van der Waals surface area contributed by atoms with E-state index in [-0.39, 0.29) is 44.2 Å². The van der Waals surface area contributed by atoms with Gasteiger partial charge in [-0.1, -0.05) is 36.6 Å². The summed E-state index contributed by atoms with van der Waals surface area (Å²) in [6.07, 6.45) is -6.08. The first-order chi connectivity index (χ1) is 37.1. The molecule has 27 heteroatoms. The van der Waals surface area contributed by atoms with Crippen LogP contribution < -0.4 is 37.4 Å². The summed E-state index contributed by atoms with van der Waals surface area (Å²) in [4.78, 5) is 114. The van der Waals surface area contributed by atoms with Gasteiger partial charge in [-0.25, -0.2) is 14.0 Å². The van der Waals surface area contributed by atoms with Crippen molar-refractivity contribution in [3.05, 3.63) is 55.3 Å². The first-order valence-electron chi connectivity index (χ1n) is 25.5. The van der Waals surface area contributed by atoms with Crippen LogP contribution in [0.4, 0.5) is 20.6 Å². The average Bonchev–Trinajstić information content (AvgIpc) is 3.48. The fourth-order valence-corrected chi connectivity index (χ4v) is 7.87. The van der Waals surface area contributed by atoms with E-state index in [2.05, 4.69) is 26.6 Å². The van der Waals surface area contributed by atoms with Gasteiger partial charge in [0.05, 0.1) is 92.0 Å². The van der Waals surface area contributed by atoms with Gasteiger partial charge in [0.25, 0.3) is 22.6 Å². The van der Waals surface area contributed by atoms with Crippen molar-refractivity contribution in [1.29, 1.82) is 0 Å². The molecule has 0 bridgehead atoms. The topological polar surface area (TPSA) is 315 Å². The van der Waals surface area contributed by atoms with E-state index < -0.39 is 114 Å². The van der Waals surface area contributed by atoms with E-state index in [0.717, 1.165) is 27.9 Å². The number of alkyl carbamates (subject to hydrolysis) is 1. The van der Waals surface area contributed by atoms with E-state index in [1.807, 2.05) is 0 Å². The van der Waals surface area contributed by atoms with Crippen LogP contribution in [0.2, 0.25) is 5.02 Å². The molecule has 0 aromatic heterocycles. The molecule has 6 atom stereocenters. The number of hydrogen-bond donors (Lipinski definition) is 5. The molecule has 1 fully saturated rings. The number of methoxy groups -OCH3 is 1. The number of benzene rings is 1. The minimum atomic E-state index is -2.43. The van der Waals surface area contributed by atoms with Crippen molar-refractivity contribution in [2.24, 2.45) is 0 Å². The Balaban J connectivity index is 1.51. The summed E-state index contributed by atoms with van der Waals surface area (Å²) in [5.41, 5.74) is -0.997. The molecule has 25 nitrogen and oxygen atoms in total. The van der Waals surface area contributed by atoms with Crippen molar-refractivity contribution in [3.8, 4) is 0 Å². The Labute approximate surface area is 456 Å². The summed E-state index contributed by atoms with van der Waals surface area (Å²) in [5, 5.41) is 13.9. The fraction of sp³-hybridized carbons (Fsp3) is 0.667. The molecule has 0 radical (unpaired) electrons. The molecular weight excluding hydrogens is 1060 g/mol. The number of carbonyl (C=O) groups is 7. The summed E-state index contributed by atoms with van der Waals surface area (Å²) in [5.74, 6) is -8.11. The second-order valence-corrected chi connectivity index (χ2v) is 19.1. The number of amides is 3. The Morgan fingerprint density at radius 3 is 1.83 bits per heavy atom. The molecule has 0 spiro atoms. The number of esters is 4. The molecule has 2 aromatic rings. The fourth-order valence-electron chi connectivity index (χ4n) is 7.74. The van der Waals surface area contributed by atoms with Crippen LogP contribution in [0.5, 0.6) is 0 Å². The van der Waals surface area contributed by atoms with Gasteiger partial charge >= 0.3 is 30.0 Å². The van der Waals surface area contributed by atoms with Crippen molar-refractivity contribution in [3.63, 3.8) is 0 Å². The second-order valence-electron chi connectivity index (χ2n) is 18.6. The lowest BCUT2D eigenvalue weighted by molar-refractivity contribution is -0.313. The van der Waals surface area contributed by atoms with Crippen LogP contribution in [0.1, 0.15) is 79.2 Å². The van der Waals surface area contributed by atoms with Gasteiger partial charge in [-0.3, -0.25) is 33.6 Å². The van der Waals surface area contributed by atoms with Crippen LogP contribution in [0.15, 0.2) is 33.9 Å². The zero-order valence-electron chi connectivity index (χ0n) is 45.3. The zero-order valence-corrected chi connectivity index (χ0v) is 46.0. The van der Waals surface area contributed by atoms with Gasteiger partial charge in [-0.2, -0.15) is 0 Å². The molecule has 0 saturated carbocycles. The number of ether oxygens (including phenoxy) is 11. The van der Waals surface area contributed by atoms with E-state index in [4.69, 9.17) is 63.7 Å². The normalized spacial score (nSPS) is 17.9. The highest BCUT2D eigenvalue weighted by atomic mass is 35.5. The largest absolute Gasteiger partial charge is 0.465 e. The third kappa shape index (κ3) is 24.3. The standard InChI is InChI=1S/C51H75ClFN5O20/c1-32(59)74-37-29-51(48(66)68-7,77-47(41(37)58-40(63)30-53)46(76-34(3)61)38(75-33(2)60)31-57-39(62)28-35-12-14-36(52)15-13-35)73-19-11-9-8-10-16-54-42-43(45(65)44(42)64)55-17-20-69-22-24-71-26-27-72-25-23-70-21-18-56-49(67)78-50(4,5)6/h12-15,37-38,41,46-47,54-55H,8-11,16-31H2,1-7H3,(H,56,67)(H,57,62)(H,58,63)/t37-,38+,41+,46+,47+,51+/m0/s1. The molecule has 438 valence electrons. The van der Waals surface area contributed by atoms with Crippen molar-refractivity contribution < 1.29 is 90.1 Å². The van der Waals surface area contributed by atoms with Gasteiger partial charge in [-0.05, 0) is 51.3 Å². The zero-order chi connectivity index (χ0) is 57.7. The van der Waals surface area contributed by atoms with Crippen LogP contribution >= 0.6 is 11.6 Å². The van der Waals surface area contributed by atoms with Crippen molar-refractivity contribution in [2.45, 2.75) is 122 Å². The van der Waals surface area contributed by atoms with E-state index in [1.165, 1.54) is 0 Å². The predicted molar refractivity (Wildman–Crippen MR) is 277 cm³/mol. The minimum absolute atomic E-state index is 0.144. The molecular formula is C51H75ClFN5O20. The van der Waals surface area contributed by atoms with Gasteiger partial charge in [0.15, 0.2) is 18.9 Å². The van der Waals surface area contributed by atoms with Gasteiger partial charge < -0.3 is 78.7 Å². The number of carbonyl (C=O) groups excluding carboxylic acids is 7. The Kier molecular flexibility index (Phi) is 29.5. The maximum absolute atomic E-state index is 13.8. The maximum atomic E-state index is 13.8. The predicted octanol–water partition coefficient (Wildman–Crippen LogP) is 2.19. The van der Waals surface area contributed by atoms with E-state index >= 15 is 0 Å². The summed E-state index contributed by atoms with van der Waals surface area (Å²) in [6.45, 7) is 9.61. The van der Waals surface area contributed by atoms with Gasteiger partial charge in [0.1, 0.15) is 29.2 Å². The molecule has 1 heterocycles. The average molecular weight is 1130 g/mol.